The van der Waals surface area contributed by atoms with Crippen molar-refractivity contribution in [3.05, 3.63) is 30.3 Å². The van der Waals surface area contributed by atoms with Gasteiger partial charge >= 0.3 is 5.97 Å². The minimum Gasteiger partial charge on any atom is -0.494 e. The maximum absolute atomic E-state index is 14.5. The zero-order chi connectivity index (χ0) is 22.7. The lowest BCUT2D eigenvalue weighted by Crippen LogP contribution is -2.46. The number of halogens is 2. The number of benzene rings is 1. The van der Waals surface area contributed by atoms with Crippen LogP contribution in [0.4, 0.5) is 8.78 Å². The van der Waals surface area contributed by atoms with Crippen molar-refractivity contribution < 1.29 is 32.6 Å². The minimum atomic E-state index is -2.29. The first-order valence-electron chi connectivity index (χ1n) is 10.5. The van der Waals surface area contributed by atoms with Crippen LogP contribution in [0.1, 0.15) is 39.0 Å². The summed E-state index contributed by atoms with van der Waals surface area (Å²) < 4.78 is 38.2. The fourth-order valence-corrected chi connectivity index (χ4v) is 3.22. The smallest absolute Gasteiger partial charge is 0.328 e. The van der Waals surface area contributed by atoms with Crippen LogP contribution in [-0.2, 0) is 19.1 Å². The normalized spacial score (nSPS) is 20.4. The average Bonchev–Trinajstić information content (AvgIpc) is 3.14. The number of alkyl halides is 2. The number of amides is 2. The molecule has 7 nitrogen and oxygen atoms in total. The molecule has 1 saturated heterocycles. The third-order valence-corrected chi connectivity index (χ3v) is 4.96. The van der Waals surface area contributed by atoms with Gasteiger partial charge in [0.25, 0.3) is 0 Å². The second-order valence-corrected chi connectivity index (χ2v) is 7.59. The molecule has 0 radical (unpaired) electrons. The molecular weight excluding hydrogens is 410 g/mol. The SMILES string of the molecule is CCCCOC(=O)[C@@H]1C[C@](F)(CF)CN1C(=O)CNC(=O)CCCOc1ccccc1. The van der Waals surface area contributed by atoms with E-state index in [1.54, 1.807) is 12.1 Å². The fourth-order valence-electron chi connectivity index (χ4n) is 3.22. The van der Waals surface area contributed by atoms with Crippen molar-refractivity contribution in [2.45, 2.75) is 50.7 Å². The van der Waals surface area contributed by atoms with E-state index >= 15 is 0 Å². The minimum absolute atomic E-state index is 0.139. The van der Waals surface area contributed by atoms with Gasteiger partial charge in [-0.2, -0.15) is 0 Å². The highest BCUT2D eigenvalue weighted by Crippen LogP contribution is 2.32. The van der Waals surface area contributed by atoms with Crippen LogP contribution in [0.5, 0.6) is 5.75 Å². The summed E-state index contributed by atoms with van der Waals surface area (Å²) in [6.07, 6.45) is 1.58. The Bertz CT molecular complexity index is 734. The van der Waals surface area contributed by atoms with Crippen molar-refractivity contribution in [3.8, 4) is 5.75 Å². The standard InChI is InChI=1S/C22H30F2N2O5/c1-2-3-11-31-21(29)18-13-22(24,15-23)16-26(18)20(28)14-25-19(27)10-7-12-30-17-8-5-4-6-9-17/h4-6,8-9,18H,2-3,7,10-16H2,1H3,(H,25,27)/t18-,22-/m0/s1. The van der Waals surface area contributed by atoms with Gasteiger partial charge in [-0.05, 0) is 25.0 Å². The highest BCUT2D eigenvalue weighted by molar-refractivity contribution is 5.89. The molecule has 1 fully saturated rings. The molecule has 0 aliphatic carbocycles. The number of para-hydroxylation sites is 1. The number of rotatable bonds is 12. The van der Waals surface area contributed by atoms with E-state index in [0.717, 1.165) is 11.3 Å². The van der Waals surface area contributed by atoms with Gasteiger partial charge in [0.05, 0.1) is 26.3 Å². The van der Waals surface area contributed by atoms with Gasteiger partial charge in [-0.3, -0.25) is 9.59 Å². The summed E-state index contributed by atoms with van der Waals surface area (Å²) in [5, 5.41) is 2.46. The van der Waals surface area contributed by atoms with E-state index in [0.29, 0.717) is 25.2 Å². The van der Waals surface area contributed by atoms with Gasteiger partial charge in [0.2, 0.25) is 11.8 Å². The van der Waals surface area contributed by atoms with E-state index in [-0.39, 0.29) is 18.9 Å². The summed E-state index contributed by atoms with van der Waals surface area (Å²) >= 11 is 0. The highest BCUT2D eigenvalue weighted by atomic mass is 19.2. The molecule has 31 heavy (non-hydrogen) atoms. The number of nitrogens with zero attached hydrogens (tertiary/aromatic N) is 1. The zero-order valence-corrected chi connectivity index (χ0v) is 17.8. The van der Waals surface area contributed by atoms with E-state index in [1.807, 2.05) is 25.1 Å². The Labute approximate surface area is 181 Å². The van der Waals surface area contributed by atoms with E-state index in [9.17, 15) is 23.2 Å². The van der Waals surface area contributed by atoms with Crippen LogP contribution in [0.3, 0.4) is 0 Å². The average molecular weight is 440 g/mol. The maximum atomic E-state index is 14.5. The molecule has 1 aromatic carbocycles. The lowest BCUT2D eigenvalue weighted by atomic mass is 10.0. The molecular formula is C22H30F2N2O5. The van der Waals surface area contributed by atoms with E-state index in [4.69, 9.17) is 9.47 Å². The van der Waals surface area contributed by atoms with Gasteiger partial charge < -0.3 is 19.7 Å². The number of unbranched alkanes of at least 4 members (excludes halogenated alkanes) is 1. The van der Waals surface area contributed by atoms with Gasteiger partial charge in [0, 0.05) is 12.8 Å². The Morgan fingerprint density at radius 2 is 1.94 bits per heavy atom. The van der Waals surface area contributed by atoms with Crippen molar-refractivity contribution in [2.75, 3.05) is 33.0 Å². The number of ether oxygens (including phenoxy) is 2. The van der Waals surface area contributed by atoms with Crippen molar-refractivity contribution in [2.24, 2.45) is 0 Å². The van der Waals surface area contributed by atoms with Gasteiger partial charge in [-0.1, -0.05) is 31.5 Å². The Kier molecular flexibility index (Phi) is 9.68. The molecule has 2 rings (SSSR count). The molecule has 0 unspecified atom stereocenters. The third-order valence-electron chi connectivity index (χ3n) is 4.96. The lowest BCUT2D eigenvalue weighted by Gasteiger charge is -2.23. The molecule has 2 amide bonds. The summed E-state index contributed by atoms with van der Waals surface area (Å²) in [7, 11) is 0. The third kappa shape index (κ3) is 7.80. The van der Waals surface area contributed by atoms with Crippen LogP contribution in [0.2, 0.25) is 0 Å². The topological polar surface area (TPSA) is 84.9 Å². The molecule has 1 heterocycles. The van der Waals surface area contributed by atoms with E-state index < -0.39 is 49.8 Å². The number of nitrogens with one attached hydrogen (secondary N) is 1. The maximum Gasteiger partial charge on any atom is 0.328 e. The summed E-state index contributed by atoms with van der Waals surface area (Å²) in [6.45, 7) is 0.166. The summed E-state index contributed by atoms with van der Waals surface area (Å²) in [5.41, 5.74) is -2.29. The van der Waals surface area contributed by atoms with E-state index in [1.165, 1.54) is 0 Å². The number of carbonyl (C=O) groups excluding carboxylic acids is 3. The Hall–Kier alpha value is -2.71. The zero-order valence-electron chi connectivity index (χ0n) is 17.8. The van der Waals surface area contributed by atoms with Gasteiger partial charge in [0.15, 0.2) is 5.67 Å². The fraction of sp³-hybridized carbons (Fsp3) is 0.591. The monoisotopic (exact) mass is 440 g/mol. The molecule has 1 aliphatic rings. The van der Waals surface area contributed by atoms with Gasteiger partial charge in [-0.25, -0.2) is 13.6 Å². The van der Waals surface area contributed by atoms with Crippen LogP contribution in [-0.4, -0.2) is 67.4 Å². The first-order chi connectivity index (χ1) is 14.9. The second kappa shape index (κ2) is 12.2. The summed E-state index contributed by atoms with van der Waals surface area (Å²) in [4.78, 5) is 37.7. The quantitative estimate of drug-likeness (QED) is 0.399. The second-order valence-electron chi connectivity index (χ2n) is 7.59. The first-order valence-corrected chi connectivity index (χ1v) is 10.5. The highest BCUT2D eigenvalue weighted by Gasteiger charge is 2.50. The van der Waals surface area contributed by atoms with Crippen molar-refractivity contribution >= 4 is 17.8 Å². The van der Waals surface area contributed by atoms with Gasteiger partial charge in [-0.15, -0.1) is 0 Å². The van der Waals surface area contributed by atoms with Crippen LogP contribution in [0, 0.1) is 0 Å². The largest absolute Gasteiger partial charge is 0.494 e. The van der Waals surface area contributed by atoms with Crippen LogP contribution >= 0.6 is 0 Å². The summed E-state index contributed by atoms with van der Waals surface area (Å²) in [6, 6.07) is 7.97. The molecule has 1 aromatic rings. The molecule has 0 aromatic heterocycles. The number of hydrogen-bond donors (Lipinski definition) is 1. The molecule has 9 heteroatoms. The lowest BCUT2D eigenvalue weighted by molar-refractivity contribution is -0.153. The Balaban J connectivity index is 1.78. The molecule has 1 N–H and O–H groups in total. The van der Waals surface area contributed by atoms with Crippen LogP contribution in [0.15, 0.2) is 30.3 Å². The van der Waals surface area contributed by atoms with E-state index in [2.05, 4.69) is 5.32 Å². The molecule has 0 bridgehead atoms. The molecule has 1 aliphatic heterocycles. The summed E-state index contributed by atoms with van der Waals surface area (Å²) in [5.74, 6) is -1.08. The van der Waals surface area contributed by atoms with Crippen molar-refractivity contribution in [1.82, 2.24) is 10.2 Å². The molecule has 0 spiro atoms. The predicted molar refractivity (Wildman–Crippen MR) is 110 cm³/mol. The Morgan fingerprint density at radius 1 is 1.19 bits per heavy atom. The van der Waals surface area contributed by atoms with Crippen LogP contribution < -0.4 is 10.1 Å². The molecule has 0 saturated carbocycles. The number of esters is 1. The number of hydrogen-bond acceptors (Lipinski definition) is 5. The molecule has 2 atom stereocenters. The van der Waals surface area contributed by atoms with Gasteiger partial charge in [0.1, 0.15) is 18.5 Å². The Morgan fingerprint density at radius 3 is 2.61 bits per heavy atom. The predicted octanol–water partition coefficient (Wildman–Crippen LogP) is 2.58. The van der Waals surface area contributed by atoms with Crippen LogP contribution in [0.25, 0.3) is 0 Å². The van der Waals surface area contributed by atoms with Crippen molar-refractivity contribution in [1.29, 1.82) is 0 Å². The first kappa shape index (κ1) is 24.6. The number of likely N-dealkylation sites (tertiary alicyclic amines) is 1. The number of carbonyl (C=O) groups is 3. The molecule has 172 valence electrons. The van der Waals surface area contributed by atoms with Crippen molar-refractivity contribution in [3.63, 3.8) is 0 Å².